The largest absolute Gasteiger partial charge is 0.507 e. The molecule has 1 N–H and O–H groups in total. The molecule has 1 aromatic rings. The lowest BCUT2D eigenvalue weighted by Gasteiger charge is -2.39. The van der Waals surface area contributed by atoms with Crippen LogP contribution >= 0.6 is 11.6 Å². The minimum atomic E-state index is -0.174. The van der Waals surface area contributed by atoms with Crippen molar-refractivity contribution in [2.24, 2.45) is 11.3 Å². The summed E-state index contributed by atoms with van der Waals surface area (Å²) in [6, 6.07) is 4.56. The quantitative estimate of drug-likeness (QED) is 0.896. The molecule has 0 atom stereocenters. The first-order valence-electron chi connectivity index (χ1n) is 8.85. The van der Waals surface area contributed by atoms with Crippen molar-refractivity contribution in [1.29, 1.82) is 0 Å². The van der Waals surface area contributed by atoms with E-state index in [0.717, 1.165) is 25.9 Å². The van der Waals surface area contributed by atoms with Crippen LogP contribution < -0.4 is 0 Å². The van der Waals surface area contributed by atoms with Gasteiger partial charge in [-0.25, -0.2) is 0 Å². The maximum Gasteiger partial charge on any atom is 0.257 e. The van der Waals surface area contributed by atoms with Crippen molar-refractivity contribution in [2.45, 2.75) is 33.1 Å². The lowest BCUT2D eigenvalue weighted by Crippen LogP contribution is -2.44. The first-order valence-corrected chi connectivity index (χ1v) is 9.23. The molecule has 25 heavy (non-hydrogen) atoms. The third-order valence-corrected chi connectivity index (χ3v) is 5.53. The van der Waals surface area contributed by atoms with E-state index in [1.165, 1.54) is 6.07 Å². The molecule has 0 bridgehead atoms. The molecule has 0 saturated carbocycles. The van der Waals surface area contributed by atoms with Gasteiger partial charge in [0.05, 0.1) is 5.56 Å². The average molecular weight is 365 g/mol. The molecule has 5 nitrogen and oxygen atoms in total. The first kappa shape index (κ1) is 18.1. The van der Waals surface area contributed by atoms with Crippen LogP contribution in [0.1, 0.15) is 43.5 Å². The minimum absolute atomic E-state index is 0.00476. The van der Waals surface area contributed by atoms with Gasteiger partial charge in [-0.05, 0) is 37.0 Å². The first-order chi connectivity index (χ1) is 11.8. The second-order valence-corrected chi connectivity index (χ2v) is 8.23. The number of piperidine rings is 1. The number of amides is 2. The Morgan fingerprint density at radius 3 is 2.60 bits per heavy atom. The number of hydrogen-bond donors (Lipinski definition) is 1. The van der Waals surface area contributed by atoms with Gasteiger partial charge in [-0.15, -0.1) is 0 Å². The molecular weight excluding hydrogens is 340 g/mol. The van der Waals surface area contributed by atoms with Gasteiger partial charge in [0.15, 0.2) is 0 Å². The highest BCUT2D eigenvalue weighted by Crippen LogP contribution is 2.41. The van der Waals surface area contributed by atoms with Crippen molar-refractivity contribution in [2.75, 3.05) is 26.2 Å². The molecule has 0 unspecified atom stereocenters. The van der Waals surface area contributed by atoms with Gasteiger partial charge in [0, 0.05) is 43.0 Å². The van der Waals surface area contributed by atoms with Crippen molar-refractivity contribution in [3.8, 4) is 5.75 Å². The molecule has 1 aromatic carbocycles. The summed E-state index contributed by atoms with van der Waals surface area (Å²) in [6.07, 6.45) is 2.24. The second-order valence-electron chi connectivity index (χ2n) is 7.80. The van der Waals surface area contributed by atoms with Crippen LogP contribution in [-0.2, 0) is 4.79 Å². The van der Waals surface area contributed by atoms with Gasteiger partial charge in [-0.3, -0.25) is 9.59 Å². The van der Waals surface area contributed by atoms with Crippen LogP contribution in [0.4, 0.5) is 0 Å². The van der Waals surface area contributed by atoms with E-state index in [9.17, 15) is 14.7 Å². The molecule has 0 aliphatic carbocycles. The molecule has 136 valence electrons. The van der Waals surface area contributed by atoms with E-state index in [0.29, 0.717) is 30.5 Å². The van der Waals surface area contributed by atoms with E-state index < -0.39 is 0 Å². The third-order valence-electron chi connectivity index (χ3n) is 5.29. The third kappa shape index (κ3) is 3.76. The predicted molar refractivity (Wildman–Crippen MR) is 96.7 cm³/mol. The van der Waals surface area contributed by atoms with Crippen LogP contribution in [0, 0.1) is 11.3 Å². The van der Waals surface area contributed by atoms with E-state index in [1.54, 1.807) is 17.0 Å². The summed E-state index contributed by atoms with van der Waals surface area (Å²) in [5.74, 6) is 0.446. The topological polar surface area (TPSA) is 60.9 Å². The Labute approximate surface area is 153 Å². The lowest BCUT2D eigenvalue weighted by atomic mass is 9.77. The molecule has 1 spiro atoms. The fourth-order valence-corrected chi connectivity index (χ4v) is 4.13. The van der Waals surface area contributed by atoms with Crippen LogP contribution in [0.2, 0.25) is 5.02 Å². The van der Waals surface area contributed by atoms with Crippen molar-refractivity contribution in [1.82, 2.24) is 9.80 Å². The highest BCUT2D eigenvalue weighted by molar-refractivity contribution is 6.30. The molecular formula is C19H25ClN2O3. The summed E-state index contributed by atoms with van der Waals surface area (Å²) >= 11 is 5.83. The summed E-state index contributed by atoms with van der Waals surface area (Å²) in [7, 11) is 0. The number of benzene rings is 1. The van der Waals surface area contributed by atoms with E-state index in [1.807, 2.05) is 4.90 Å². The summed E-state index contributed by atoms with van der Waals surface area (Å²) in [5.41, 5.74) is 0.286. The number of halogens is 1. The summed E-state index contributed by atoms with van der Waals surface area (Å²) in [5, 5.41) is 10.4. The Balaban J connectivity index is 1.64. The minimum Gasteiger partial charge on any atom is -0.507 e. The Morgan fingerprint density at radius 1 is 1.32 bits per heavy atom. The molecule has 0 aromatic heterocycles. The van der Waals surface area contributed by atoms with E-state index in [4.69, 9.17) is 11.6 Å². The molecule has 6 heteroatoms. The van der Waals surface area contributed by atoms with E-state index in [-0.39, 0.29) is 28.5 Å². The zero-order valence-electron chi connectivity index (χ0n) is 14.8. The maximum atomic E-state index is 12.7. The summed E-state index contributed by atoms with van der Waals surface area (Å²) in [4.78, 5) is 28.7. The zero-order valence-corrected chi connectivity index (χ0v) is 15.6. The molecule has 2 fully saturated rings. The van der Waals surface area contributed by atoms with Gasteiger partial charge in [0.2, 0.25) is 5.91 Å². The number of nitrogens with zero attached hydrogens (tertiary/aromatic N) is 2. The highest BCUT2D eigenvalue weighted by Gasteiger charge is 2.45. The van der Waals surface area contributed by atoms with Crippen molar-refractivity contribution in [3.05, 3.63) is 28.8 Å². The number of hydrogen-bond acceptors (Lipinski definition) is 3. The number of likely N-dealkylation sites (tertiary alicyclic amines) is 2. The van der Waals surface area contributed by atoms with Crippen molar-refractivity contribution >= 4 is 23.4 Å². The van der Waals surface area contributed by atoms with Gasteiger partial charge in [-0.1, -0.05) is 25.4 Å². The van der Waals surface area contributed by atoms with Gasteiger partial charge in [-0.2, -0.15) is 0 Å². The van der Waals surface area contributed by atoms with Crippen LogP contribution in [0.25, 0.3) is 0 Å². The Kier molecular flexibility index (Phi) is 4.96. The van der Waals surface area contributed by atoms with E-state index >= 15 is 0 Å². The fraction of sp³-hybridized carbons (Fsp3) is 0.579. The number of carbonyl (C=O) groups excluding carboxylic acids is 2. The standard InChI is InChI=1S/C19H25ClN2O3/c1-13(2)11-22-12-19(10-17(22)24)5-7-21(8-6-19)18(25)15-4-3-14(20)9-16(15)23/h3-4,9,13,23H,5-8,10-12H2,1-2H3. The van der Waals surface area contributed by atoms with Gasteiger partial charge in [0.1, 0.15) is 5.75 Å². The molecule has 0 radical (unpaired) electrons. The van der Waals surface area contributed by atoms with Crippen LogP contribution in [0.15, 0.2) is 18.2 Å². The van der Waals surface area contributed by atoms with Crippen molar-refractivity contribution < 1.29 is 14.7 Å². The zero-order chi connectivity index (χ0) is 18.2. The molecule has 2 aliphatic heterocycles. The fourth-order valence-electron chi connectivity index (χ4n) is 3.96. The Morgan fingerprint density at radius 2 is 2.00 bits per heavy atom. The molecule has 3 rings (SSSR count). The lowest BCUT2D eigenvalue weighted by molar-refractivity contribution is -0.128. The monoisotopic (exact) mass is 364 g/mol. The van der Waals surface area contributed by atoms with Crippen molar-refractivity contribution in [3.63, 3.8) is 0 Å². The Bertz CT molecular complexity index is 681. The van der Waals surface area contributed by atoms with Gasteiger partial charge >= 0.3 is 0 Å². The Hall–Kier alpha value is -1.75. The molecule has 2 saturated heterocycles. The number of rotatable bonds is 3. The van der Waals surface area contributed by atoms with Crippen LogP contribution in [0.3, 0.4) is 0 Å². The number of phenolic OH excluding ortho intramolecular Hbond substituents is 1. The second kappa shape index (κ2) is 6.87. The number of aromatic hydroxyl groups is 1. The maximum absolute atomic E-state index is 12.7. The average Bonchev–Trinajstić information content (AvgIpc) is 2.82. The van der Waals surface area contributed by atoms with Gasteiger partial charge in [0.25, 0.3) is 5.91 Å². The SMILES string of the molecule is CC(C)CN1CC2(CCN(C(=O)c3ccc(Cl)cc3O)CC2)CC1=O. The summed E-state index contributed by atoms with van der Waals surface area (Å²) < 4.78 is 0. The molecule has 2 heterocycles. The van der Waals surface area contributed by atoms with Gasteiger partial charge < -0.3 is 14.9 Å². The number of phenols is 1. The van der Waals surface area contributed by atoms with E-state index in [2.05, 4.69) is 13.8 Å². The summed E-state index contributed by atoms with van der Waals surface area (Å²) in [6.45, 7) is 7.09. The molecule has 2 amide bonds. The normalized spacial score (nSPS) is 19.9. The van der Waals surface area contributed by atoms with Crippen LogP contribution in [-0.4, -0.2) is 52.9 Å². The molecule has 2 aliphatic rings. The smallest absolute Gasteiger partial charge is 0.257 e. The number of carbonyl (C=O) groups is 2. The highest BCUT2D eigenvalue weighted by atomic mass is 35.5. The predicted octanol–water partition coefficient (Wildman–Crippen LogP) is 3.16. The van der Waals surface area contributed by atoms with Crippen LogP contribution in [0.5, 0.6) is 5.75 Å².